The Bertz CT molecular complexity index is 579. The van der Waals surface area contributed by atoms with Crippen LogP contribution in [0, 0.1) is 0 Å². The first-order valence-electron chi connectivity index (χ1n) is 5.91. The summed E-state index contributed by atoms with van der Waals surface area (Å²) in [6, 6.07) is 10.3. The second kappa shape index (κ2) is 4.46. The highest BCUT2D eigenvalue weighted by molar-refractivity contribution is 7.12. The first kappa shape index (κ1) is 11.3. The van der Waals surface area contributed by atoms with Gasteiger partial charge in [0.05, 0.1) is 21.9 Å². The molecule has 1 aliphatic heterocycles. The van der Waals surface area contributed by atoms with Crippen LogP contribution in [-0.4, -0.2) is 26.4 Å². The van der Waals surface area contributed by atoms with Gasteiger partial charge in [0.2, 0.25) is 0 Å². The molecule has 0 atom stereocenters. The number of fused-ring (bicyclic) bond motifs is 1. The van der Waals surface area contributed by atoms with Crippen molar-refractivity contribution in [1.82, 2.24) is 0 Å². The van der Waals surface area contributed by atoms with Crippen LogP contribution in [0.15, 0.2) is 35.7 Å². The van der Waals surface area contributed by atoms with Crippen LogP contribution in [-0.2, 0) is 0 Å². The molecule has 1 aromatic carbocycles. The number of carbonyl (C=O) groups is 1. The van der Waals surface area contributed by atoms with Crippen LogP contribution in [0.4, 0.5) is 17.1 Å². The third kappa shape index (κ3) is 1.78. The number of thiophene rings is 1. The number of hydrogen-bond acceptors (Lipinski definition) is 4. The highest BCUT2D eigenvalue weighted by Crippen LogP contribution is 2.38. The minimum atomic E-state index is 0.779. The Kier molecular flexibility index (Phi) is 2.80. The first-order chi connectivity index (χ1) is 8.79. The Labute approximate surface area is 110 Å². The standard InChI is InChI=1S/C14H14N2OS/c1-15-6-7-16(11-8-12(9-17)18-10-11)14-5-3-2-4-13(14)15/h2-5,8-10H,6-7H2,1H3. The van der Waals surface area contributed by atoms with Crippen molar-refractivity contribution in [1.29, 1.82) is 0 Å². The van der Waals surface area contributed by atoms with Crippen LogP contribution in [0.5, 0.6) is 0 Å². The van der Waals surface area contributed by atoms with Crippen molar-refractivity contribution in [2.75, 3.05) is 29.9 Å². The van der Waals surface area contributed by atoms with Gasteiger partial charge in [-0.05, 0) is 18.2 Å². The van der Waals surface area contributed by atoms with Crippen LogP contribution < -0.4 is 9.80 Å². The fourth-order valence-corrected chi connectivity index (χ4v) is 3.02. The van der Waals surface area contributed by atoms with E-state index in [9.17, 15) is 4.79 Å². The molecular weight excluding hydrogens is 244 g/mol. The van der Waals surface area contributed by atoms with E-state index >= 15 is 0 Å². The number of nitrogens with zero attached hydrogens (tertiary/aromatic N) is 2. The van der Waals surface area contributed by atoms with E-state index in [2.05, 4.69) is 41.1 Å². The molecule has 0 N–H and O–H groups in total. The molecule has 92 valence electrons. The molecule has 0 radical (unpaired) electrons. The van der Waals surface area contributed by atoms with Crippen LogP contribution in [0.1, 0.15) is 9.67 Å². The summed E-state index contributed by atoms with van der Waals surface area (Å²) in [5.74, 6) is 0. The molecule has 3 nitrogen and oxygen atoms in total. The van der Waals surface area contributed by atoms with Gasteiger partial charge >= 0.3 is 0 Å². The molecule has 0 fully saturated rings. The molecular formula is C14H14N2OS. The largest absolute Gasteiger partial charge is 0.371 e. The molecule has 2 heterocycles. The van der Waals surface area contributed by atoms with Gasteiger partial charge in [-0.15, -0.1) is 11.3 Å². The Morgan fingerprint density at radius 3 is 2.72 bits per heavy atom. The molecule has 0 aliphatic carbocycles. The summed E-state index contributed by atoms with van der Waals surface area (Å²) in [5.41, 5.74) is 3.56. The van der Waals surface area contributed by atoms with Crippen molar-refractivity contribution in [3.63, 3.8) is 0 Å². The lowest BCUT2D eigenvalue weighted by Gasteiger charge is -2.36. The number of para-hydroxylation sites is 2. The number of hydrogen-bond donors (Lipinski definition) is 0. The zero-order valence-electron chi connectivity index (χ0n) is 10.2. The van der Waals surface area contributed by atoms with E-state index in [-0.39, 0.29) is 0 Å². The maximum Gasteiger partial charge on any atom is 0.160 e. The van der Waals surface area contributed by atoms with Gasteiger partial charge < -0.3 is 9.80 Å². The Balaban J connectivity index is 2.04. The highest BCUT2D eigenvalue weighted by atomic mass is 32.1. The summed E-state index contributed by atoms with van der Waals surface area (Å²) in [7, 11) is 2.11. The zero-order valence-corrected chi connectivity index (χ0v) is 11.0. The Morgan fingerprint density at radius 1 is 1.22 bits per heavy atom. The van der Waals surface area contributed by atoms with Crippen LogP contribution in [0.3, 0.4) is 0 Å². The zero-order chi connectivity index (χ0) is 12.5. The summed E-state index contributed by atoms with van der Waals surface area (Å²) in [4.78, 5) is 16.1. The topological polar surface area (TPSA) is 23.6 Å². The van der Waals surface area contributed by atoms with E-state index in [1.54, 1.807) is 0 Å². The molecule has 0 saturated carbocycles. The average molecular weight is 258 g/mol. The van der Waals surface area contributed by atoms with E-state index in [0.717, 1.165) is 29.9 Å². The smallest absolute Gasteiger partial charge is 0.160 e. The average Bonchev–Trinajstić information content (AvgIpc) is 2.88. The Hall–Kier alpha value is -1.81. The third-order valence-corrected chi connectivity index (χ3v) is 4.12. The molecule has 18 heavy (non-hydrogen) atoms. The first-order valence-corrected chi connectivity index (χ1v) is 6.79. The number of aldehydes is 1. The molecule has 4 heteroatoms. The molecule has 0 bridgehead atoms. The predicted octanol–water partition coefficient (Wildman–Crippen LogP) is 3.15. The van der Waals surface area contributed by atoms with Crippen LogP contribution in [0.25, 0.3) is 0 Å². The van der Waals surface area contributed by atoms with Gasteiger partial charge in [0.15, 0.2) is 6.29 Å². The van der Waals surface area contributed by atoms with Gasteiger partial charge in [0, 0.05) is 25.5 Å². The molecule has 1 aliphatic rings. The minimum Gasteiger partial charge on any atom is -0.371 e. The number of carbonyl (C=O) groups excluding carboxylic acids is 1. The van der Waals surface area contributed by atoms with E-state index in [1.807, 2.05) is 11.4 Å². The maximum absolute atomic E-state index is 10.8. The molecule has 0 unspecified atom stereocenters. The fourth-order valence-electron chi connectivity index (χ4n) is 2.32. The number of likely N-dealkylation sites (N-methyl/N-ethyl adjacent to an activating group) is 1. The normalized spacial score (nSPS) is 14.5. The predicted molar refractivity (Wildman–Crippen MR) is 76.4 cm³/mol. The minimum absolute atomic E-state index is 0.779. The second-order valence-corrected chi connectivity index (χ2v) is 5.33. The quantitative estimate of drug-likeness (QED) is 0.773. The fraction of sp³-hybridized carbons (Fsp3) is 0.214. The number of anilines is 3. The van der Waals surface area contributed by atoms with Crippen LogP contribution >= 0.6 is 11.3 Å². The summed E-state index contributed by atoms with van der Waals surface area (Å²) >= 11 is 1.50. The molecule has 3 rings (SSSR count). The lowest BCUT2D eigenvalue weighted by Crippen LogP contribution is -2.36. The third-order valence-electron chi connectivity index (χ3n) is 3.28. The summed E-state index contributed by atoms with van der Waals surface area (Å²) in [6.45, 7) is 1.94. The van der Waals surface area contributed by atoms with E-state index < -0.39 is 0 Å². The van der Waals surface area contributed by atoms with Gasteiger partial charge in [0.1, 0.15) is 0 Å². The van der Waals surface area contributed by atoms with Gasteiger partial charge in [-0.3, -0.25) is 4.79 Å². The van der Waals surface area contributed by atoms with Gasteiger partial charge in [-0.1, -0.05) is 12.1 Å². The second-order valence-electron chi connectivity index (χ2n) is 4.39. The lowest BCUT2D eigenvalue weighted by atomic mass is 10.1. The van der Waals surface area contributed by atoms with Gasteiger partial charge in [-0.25, -0.2) is 0 Å². The van der Waals surface area contributed by atoms with Crippen molar-refractivity contribution >= 4 is 34.7 Å². The number of benzene rings is 1. The van der Waals surface area contributed by atoms with E-state index in [0.29, 0.717) is 0 Å². The molecule has 0 spiro atoms. The van der Waals surface area contributed by atoms with Crippen LogP contribution in [0.2, 0.25) is 0 Å². The summed E-state index contributed by atoms with van der Waals surface area (Å²) in [6.07, 6.45) is 0.913. The number of rotatable bonds is 2. The van der Waals surface area contributed by atoms with E-state index in [1.165, 1.54) is 22.7 Å². The summed E-state index contributed by atoms with van der Waals surface area (Å²) < 4.78 is 0. The van der Waals surface area contributed by atoms with Crippen molar-refractivity contribution in [3.05, 3.63) is 40.6 Å². The Morgan fingerprint density at radius 2 is 2.00 bits per heavy atom. The SMILES string of the molecule is CN1CCN(c2csc(C=O)c2)c2ccccc21. The van der Waals surface area contributed by atoms with Crippen molar-refractivity contribution in [3.8, 4) is 0 Å². The molecule has 0 saturated heterocycles. The van der Waals surface area contributed by atoms with Crippen molar-refractivity contribution in [2.24, 2.45) is 0 Å². The molecule has 0 amide bonds. The van der Waals surface area contributed by atoms with Gasteiger partial charge in [0.25, 0.3) is 0 Å². The monoisotopic (exact) mass is 258 g/mol. The van der Waals surface area contributed by atoms with E-state index in [4.69, 9.17) is 0 Å². The molecule has 2 aromatic rings. The lowest BCUT2D eigenvalue weighted by molar-refractivity contribution is 0.112. The highest BCUT2D eigenvalue weighted by Gasteiger charge is 2.21. The summed E-state index contributed by atoms with van der Waals surface area (Å²) in [5, 5.41) is 2.05. The van der Waals surface area contributed by atoms with Crippen molar-refractivity contribution in [2.45, 2.75) is 0 Å². The van der Waals surface area contributed by atoms with Gasteiger partial charge in [-0.2, -0.15) is 0 Å². The maximum atomic E-state index is 10.8. The molecule has 1 aromatic heterocycles. The van der Waals surface area contributed by atoms with Crippen molar-refractivity contribution < 1.29 is 4.79 Å².